The molecule has 1 aromatic heterocycles. The molecule has 5 heteroatoms. The van der Waals surface area contributed by atoms with Gasteiger partial charge in [0.2, 0.25) is 0 Å². The third-order valence-electron chi connectivity index (χ3n) is 1.10. The van der Waals surface area contributed by atoms with Crippen LogP contribution in [0, 0.1) is 0 Å². The lowest BCUT2D eigenvalue weighted by atomic mass is 10.3. The van der Waals surface area contributed by atoms with Crippen molar-refractivity contribution in [3.8, 4) is 0 Å². The number of rotatable bonds is 2. The van der Waals surface area contributed by atoms with Crippen molar-refractivity contribution in [3.63, 3.8) is 0 Å². The SMILES string of the molecule is O/N=C/c1ccsc1/C=N/O. The lowest BCUT2D eigenvalue weighted by Crippen LogP contribution is -1.83. The van der Waals surface area contributed by atoms with Gasteiger partial charge in [-0.2, -0.15) is 0 Å². The van der Waals surface area contributed by atoms with Crippen molar-refractivity contribution in [1.82, 2.24) is 0 Å². The maximum absolute atomic E-state index is 8.20. The van der Waals surface area contributed by atoms with Gasteiger partial charge in [0.15, 0.2) is 0 Å². The molecule has 1 aromatic rings. The third-order valence-corrected chi connectivity index (χ3v) is 1.97. The molecule has 0 aliphatic rings. The van der Waals surface area contributed by atoms with Gasteiger partial charge in [-0.1, -0.05) is 10.3 Å². The number of oxime groups is 2. The van der Waals surface area contributed by atoms with E-state index in [9.17, 15) is 0 Å². The van der Waals surface area contributed by atoms with E-state index in [4.69, 9.17) is 10.4 Å². The summed E-state index contributed by atoms with van der Waals surface area (Å²) in [5.74, 6) is 0. The Hall–Kier alpha value is -1.36. The lowest BCUT2D eigenvalue weighted by Gasteiger charge is -1.85. The summed E-state index contributed by atoms with van der Waals surface area (Å²) in [5.41, 5.74) is 0.732. The number of hydrogen-bond donors (Lipinski definition) is 2. The van der Waals surface area contributed by atoms with Crippen molar-refractivity contribution in [3.05, 3.63) is 21.9 Å². The zero-order valence-corrected chi connectivity index (χ0v) is 6.32. The largest absolute Gasteiger partial charge is 0.411 e. The van der Waals surface area contributed by atoms with Crippen LogP contribution in [0.1, 0.15) is 10.4 Å². The van der Waals surface area contributed by atoms with E-state index in [0.29, 0.717) is 0 Å². The van der Waals surface area contributed by atoms with Crippen molar-refractivity contribution in [2.75, 3.05) is 0 Å². The molecule has 0 aromatic carbocycles. The molecule has 0 aliphatic carbocycles. The fourth-order valence-corrected chi connectivity index (χ4v) is 1.38. The minimum absolute atomic E-state index is 0.732. The molecule has 1 rings (SSSR count). The first-order valence-corrected chi connectivity index (χ1v) is 3.69. The van der Waals surface area contributed by atoms with Gasteiger partial charge in [0, 0.05) is 5.56 Å². The second-order valence-electron chi connectivity index (χ2n) is 1.73. The van der Waals surface area contributed by atoms with E-state index in [1.807, 2.05) is 5.38 Å². The first-order chi connectivity index (χ1) is 5.38. The highest BCUT2D eigenvalue weighted by atomic mass is 32.1. The van der Waals surface area contributed by atoms with Crippen molar-refractivity contribution < 1.29 is 10.4 Å². The van der Waals surface area contributed by atoms with E-state index in [1.165, 1.54) is 23.8 Å². The maximum atomic E-state index is 8.20. The fourth-order valence-electron chi connectivity index (χ4n) is 0.657. The molecule has 58 valence electrons. The Bertz CT molecular complexity index is 253. The van der Waals surface area contributed by atoms with Crippen LogP contribution in [-0.2, 0) is 0 Å². The zero-order chi connectivity index (χ0) is 8.10. The van der Waals surface area contributed by atoms with E-state index in [1.54, 1.807) is 6.07 Å². The van der Waals surface area contributed by atoms with E-state index in [2.05, 4.69) is 10.3 Å². The van der Waals surface area contributed by atoms with Crippen LogP contribution in [0.5, 0.6) is 0 Å². The molecular formula is C6H6N2O2S. The molecule has 4 nitrogen and oxygen atoms in total. The normalized spacial score (nSPS) is 11.6. The molecule has 0 unspecified atom stereocenters. The average Bonchev–Trinajstić information content (AvgIpc) is 2.39. The van der Waals surface area contributed by atoms with Gasteiger partial charge in [-0.25, -0.2) is 0 Å². The van der Waals surface area contributed by atoms with Crippen molar-refractivity contribution in [2.45, 2.75) is 0 Å². The minimum atomic E-state index is 0.732. The summed E-state index contributed by atoms with van der Waals surface area (Å²) >= 11 is 1.40. The maximum Gasteiger partial charge on any atom is 0.0840 e. The topological polar surface area (TPSA) is 65.2 Å². The molecule has 0 saturated carbocycles. The zero-order valence-electron chi connectivity index (χ0n) is 5.51. The van der Waals surface area contributed by atoms with Gasteiger partial charge in [-0.15, -0.1) is 11.3 Å². The molecule has 0 bridgehead atoms. The summed E-state index contributed by atoms with van der Waals surface area (Å²) in [6.07, 6.45) is 2.58. The molecule has 0 atom stereocenters. The summed E-state index contributed by atoms with van der Waals surface area (Å²) in [5, 5.41) is 23.9. The highest BCUT2D eigenvalue weighted by Gasteiger charge is 1.97. The lowest BCUT2D eigenvalue weighted by molar-refractivity contribution is 0.321. The van der Waals surface area contributed by atoms with Crippen LogP contribution >= 0.6 is 11.3 Å². The number of hydrogen-bond acceptors (Lipinski definition) is 5. The molecule has 0 aliphatic heterocycles. The fraction of sp³-hybridized carbons (Fsp3) is 0. The van der Waals surface area contributed by atoms with Crippen LogP contribution in [0.2, 0.25) is 0 Å². The minimum Gasteiger partial charge on any atom is -0.411 e. The van der Waals surface area contributed by atoms with Gasteiger partial charge in [0.05, 0.1) is 17.3 Å². The first-order valence-electron chi connectivity index (χ1n) is 2.81. The quantitative estimate of drug-likeness (QED) is 0.400. The summed E-state index contributed by atoms with van der Waals surface area (Å²) in [4.78, 5) is 0.755. The van der Waals surface area contributed by atoms with Gasteiger partial charge in [0.1, 0.15) is 0 Å². The number of thiophene rings is 1. The van der Waals surface area contributed by atoms with Gasteiger partial charge < -0.3 is 10.4 Å². The van der Waals surface area contributed by atoms with Crippen molar-refractivity contribution in [1.29, 1.82) is 0 Å². The van der Waals surface area contributed by atoms with Crippen molar-refractivity contribution in [2.24, 2.45) is 10.3 Å². The van der Waals surface area contributed by atoms with Gasteiger partial charge >= 0.3 is 0 Å². The predicted molar refractivity (Wildman–Crippen MR) is 43.1 cm³/mol. The Morgan fingerprint density at radius 3 is 2.64 bits per heavy atom. The molecule has 0 fully saturated rings. The molecular weight excluding hydrogens is 164 g/mol. The predicted octanol–water partition coefficient (Wildman–Crippen LogP) is 1.36. The third kappa shape index (κ3) is 1.78. The standard InChI is InChI=1S/C6H6N2O2S/c9-7-3-5-1-2-11-6(5)4-8-10/h1-4,9-10H/b7-3+,8-4+. The number of nitrogens with zero attached hydrogens (tertiary/aromatic N) is 2. The summed E-state index contributed by atoms with van der Waals surface area (Å²) < 4.78 is 0. The van der Waals surface area contributed by atoms with Gasteiger partial charge in [-0.05, 0) is 11.4 Å². The molecule has 2 N–H and O–H groups in total. The smallest absolute Gasteiger partial charge is 0.0840 e. The Kier molecular flexibility index (Phi) is 2.62. The molecule has 1 heterocycles. The van der Waals surface area contributed by atoms with Crippen LogP contribution in [0.4, 0.5) is 0 Å². The Morgan fingerprint density at radius 1 is 1.27 bits per heavy atom. The van der Waals surface area contributed by atoms with Gasteiger partial charge in [-0.3, -0.25) is 0 Å². The molecule has 11 heavy (non-hydrogen) atoms. The van der Waals surface area contributed by atoms with Crippen LogP contribution in [-0.4, -0.2) is 22.8 Å². The molecule has 0 amide bonds. The van der Waals surface area contributed by atoms with Crippen LogP contribution in [0.3, 0.4) is 0 Å². The van der Waals surface area contributed by atoms with E-state index >= 15 is 0 Å². The monoisotopic (exact) mass is 170 g/mol. The highest BCUT2D eigenvalue weighted by Crippen LogP contribution is 2.11. The average molecular weight is 170 g/mol. The summed E-state index contributed by atoms with van der Waals surface area (Å²) in [6, 6.07) is 1.77. The highest BCUT2D eigenvalue weighted by molar-refractivity contribution is 7.12. The Labute approximate surface area is 67.1 Å². The van der Waals surface area contributed by atoms with E-state index in [-0.39, 0.29) is 0 Å². The molecule has 0 spiro atoms. The molecule has 0 saturated heterocycles. The van der Waals surface area contributed by atoms with Crippen LogP contribution in [0.25, 0.3) is 0 Å². The summed E-state index contributed by atoms with van der Waals surface area (Å²) in [7, 11) is 0. The van der Waals surface area contributed by atoms with E-state index in [0.717, 1.165) is 10.4 Å². The van der Waals surface area contributed by atoms with Crippen LogP contribution < -0.4 is 0 Å². The summed E-state index contributed by atoms with van der Waals surface area (Å²) in [6.45, 7) is 0. The van der Waals surface area contributed by atoms with Crippen LogP contribution in [0.15, 0.2) is 21.8 Å². The first kappa shape index (κ1) is 7.74. The Balaban J connectivity index is 2.95. The van der Waals surface area contributed by atoms with Crippen molar-refractivity contribution >= 4 is 23.8 Å². The molecule has 0 radical (unpaired) electrons. The second-order valence-corrected chi connectivity index (χ2v) is 2.68. The van der Waals surface area contributed by atoms with E-state index < -0.39 is 0 Å². The Morgan fingerprint density at radius 2 is 2.00 bits per heavy atom. The second kappa shape index (κ2) is 3.72. The van der Waals surface area contributed by atoms with Gasteiger partial charge in [0.25, 0.3) is 0 Å².